The molecule has 3 nitrogen and oxygen atoms in total. The summed E-state index contributed by atoms with van der Waals surface area (Å²) in [5, 5.41) is 12.1. The SMILES string of the molecule is OC1(CNCC(F)F)CCOC1. The minimum Gasteiger partial charge on any atom is -0.386 e. The molecular weight excluding hydrogens is 168 g/mol. The molecule has 1 heterocycles. The fraction of sp³-hybridized carbons (Fsp3) is 1.00. The van der Waals surface area contributed by atoms with Gasteiger partial charge >= 0.3 is 0 Å². The zero-order valence-electron chi connectivity index (χ0n) is 6.72. The van der Waals surface area contributed by atoms with Crippen molar-refractivity contribution in [2.24, 2.45) is 0 Å². The van der Waals surface area contributed by atoms with E-state index in [0.29, 0.717) is 13.0 Å². The second-order valence-corrected chi connectivity index (χ2v) is 3.05. The first-order valence-electron chi connectivity index (χ1n) is 3.91. The van der Waals surface area contributed by atoms with Gasteiger partial charge in [0, 0.05) is 19.6 Å². The summed E-state index contributed by atoms with van der Waals surface area (Å²) in [4.78, 5) is 0. The standard InChI is InChI=1S/C7H13F2NO2/c8-6(9)3-10-4-7(11)1-2-12-5-7/h6,10-11H,1-5H2. The third-order valence-electron chi connectivity index (χ3n) is 1.84. The lowest BCUT2D eigenvalue weighted by Gasteiger charge is -2.20. The van der Waals surface area contributed by atoms with Gasteiger partial charge < -0.3 is 15.2 Å². The summed E-state index contributed by atoms with van der Waals surface area (Å²) in [6.07, 6.45) is -1.85. The highest BCUT2D eigenvalue weighted by molar-refractivity contribution is 4.84. The predicted molar refractivity (Wildman–Crippen MR) is 39.3 cm³/mol. The summed E-state index contributed by atoms with van der Waals surface area (Å²) in [5.41, 5.74) is -0.936. The Labute approximate surface area is 69.7 Å². The van der Waals surface area contributed by atoms with Gasteiger partial charge in [-0.2, -0.15) is 0 Å². The normalized spacial score (nSPS) is 30.0. The first-order chi connectivity index (χ1) is 5.62. The smallest absolute Gasteiger partial charge is 0.250 e. The topological polar surface area (TPSA) is 41.5 Å². The average molecular weight is 181 g/mol. The number of alkyl halides is 2. The summed E-state index contributed by atoms with van der Waals surface area (Å²) >= 11 is 0. The Hall–Kier alpha value is -0.260. The lowest BCUT2D eigenvalue weighted by atomic mass is 10.0. The minimum atomic E-state index is -2.36. The maximum Gasteiger partial charge on any atom is 0.250 e. The zero-order chi connectivity index (χ0) is 9.03. The summed E-state index contributed by atoms with van der Waals surface area (Å²) in [6.45, 7) is 0.551. The highest BCUT2D eigenvalue weighted by Gasteiger charge is 2.31. The van der Waals surface area contributed by atoms with Crippen LogP contribution in [-0.2, 0) is 4.74 Å². The number of aliphatic hydroxyl groups is 1. The third kappa shape index (κ3) is 3.00. The van der Waals surface area contributed by atoms with Gasteiger partial charge in [0.15, 0.2) is 0 Å². The highest BCUT2D eigenvalue weighted by atomic mass is 19.3. The molecule has 0 aliphatic carbocycles. The van der Waals surface area contributed by atoms with E-state index in [1.165, 1.54) is 0 Å². The van der Waals surface area contributed by atoms with Crippen LogP contribution in [0.2, 0.25) is 0 Å². The summed E-state index contributed by atoms with van der Waals surface area (Å²) in [5.74, 6) is 0. The van der Waals surface area contributed by atoms with E-state index in [-0.39, 0.29) is 19.7 Å². The first kappa shape index (κ1) is 9.83. The molecule has 1 rings (SSSR count). The summed E-state index contributed by atoms with van der Waals surface area (Å²) in [7, 11) is 0. The molecule has 1 aliphatic heterocycles. The Balaban J connectivity index is 2.13. The maximum atomic E-state index is 11.7. The van der Waals surface area contributed by atoms with Crippen molar-refractivity contribution in [2.45, 2.75) is 18.4 Å². The third-order valence-corrected chi connectivity index (χ3v) is 1.84. The molecule has 0 radical (unpaired) electrons. The number of nitrogens with one attached hydrogen (secondary N) is 1. The van der Waals surface area contributed by atoms with Crippen molar-refractivity contribution in [1.29, 1.82) is 0 Å². The molecule has 1 atom stereocenters. The van der Waals surface area contributed by atoms with Crippen molar-refractivity contribution in [3.8, 4) is 0 Å². The second-order valence-electron chi connectivity index (χ2n) is 3.05. The average Bonchev–Trinajstić information content (AvgIpc) is 2.35. The van der Waals surface area contributed by atoms with Crippen LogP contribution in [0.5, 0.6) is 0 Å². The van der Waals surface area contributed by atoms with E-state index in [1.807, 2.05) is 0 Å². The van der Waals surface area contributed by atoms with Crippen molar-refractivity contribution < 1.29 is 18.6 Å². The Morgan fingerprint density at radius 2 is 2.33 bits per heavy atom. The van der Waals surface area contributed by atoms with Crippen LogP contribution >= 0.6 is 0 Å². The highest BCUT2D eigenvalue weighted by Crippen LogP contribution is 2.16. The Kier molecular flexibility index (Phi) is 3.37. The molecular formula is C7H13F2NO2. The summed E-state index contributed by atoms with van der Waals surface area (Å²) in [6, 6.07) is 0. The quantitative estimate of drug-likeness (QED) is 0.641. The van der Waals surface area contributed by atoms with Crippen LogP contribution in [0.25, 0.3) is 0 Å². The number of hydrogen-bond acceptors (Lipinski definition) is 3. The van der Waals surface area contributed by atoms with Crippen molar-refractivity contribution in [2.75, 3.05) is 26.3 Å². The first-order valence-corrected chi connectivity index (χ1v) is 3.91. The van der Waals surface area contributed by atoms with Crippen LogP contribution in [0.1, 0.15) is 6.42 Å². The van der Waals surface area contributed by atoms with Gasteiger partial charge in [0.1, 0.15) is 5.60 Å². The van der Waals surface area contributed by atoms with E-state index in [9.17, 15) is 13.9 Å². The minimum absolute atomic E-state index is 0.178. The number of hydrogen-bond donors (Lipinski definition) is 2. The van der Waals surface area contributed by atoms with Crippen LogP contribution in [0.15, 0.2) is 0 Å². The van der Waals surface area contributed by atoms with Crippen LogP contribution in [0.4, 0.5) is 8.78 Å². The summed E-state index contributed by atoms with van der Waals surface area (Å²) < 4.78 is 28.3. The van der Waals surface area contributed by atoms with E-state index in [4.69, 9.17) is 4.74 Å². The van der Waals surface area contributed by atoms with Gasteiger partial charge in [-0.1, -0.05) is 0 Å². The largest absolute Gasteiger partial charge is 0.386 e. The van der Waals surface area contributed by atoms with Crippen molar-refractivity contribution >= 4 is 0 Å². The zero-order valence-corrected chi connectivity index (χ0v) is 6.72. The molecule has 0 spiro atoms. The fourth-order valence-corrected chi connectivity index (χ4v) is 1.15. The molecule has 1 unspecified atom stereocenters. The second kappa shape index (κ2) is 4.11. The molecule has 0 aromatic heterocycles. The molecule has 1 saturated heterocycles. The Bertz CT molecular complexity index is 137. The van der Waals surface area contributed by atoms with Crippen LogP contribution in [0.3, 0.4) is 0 Å². The molecule has 5 heteroatoms. The monoisotopic (exact) mass is 181 g/mol. The van der Waals surface area contributed by atoms with Gasteiger partial charge in [-0.15, -0.1) is 0 Å². The van der Waals surface area contributed by atoms with Gasteiger partial charge in [-0.05, 0) is 0 Å². The molecule has 1 fully saturated rings. The van der Waals surface area contributed by atoms with E-state index in [1.54, 1.807) is 0 Å². The van der Waals surface area contributed by atoms with Crippen LogP contribution < -0.4 is 5.32 Å². The number of ether oxygens (including phenoxy) is 1. The van der Waals surface area contributed by atoms with Crippen molar-refractivity contribution in [3.63, 3.8) is 0 Å². The van der Waals surface area contributed by atoms with E-state index in [0.717, 1.165) is 0 Å². The number of rotatable bonds is 4. The van der Waals surface area contributed by atoms with Gasteiger partial charge in [-0.25, -0.2) is 8.78 Å². The van der Waals surface area contributed by atoms with Crippen LogP contribution in [-0.4, -0.2) is 43.4 Å². The van der Waals surface area contributed by atoms with Gasteiger partial charge in [0.25, 0.3) is 6.43 Å². The molecule has 0 aromatic carbocycles. The Morgan fingerprint density at radius 3 is 2.83 bits per heavy atom. The van der Waals surface area contributed by atoms with Crippen molar-refractivity contribution in [1.82, 2.24) is 5.32 Å². The van der Waals surface area contributed by atoms with E-state index >= 15 is 0 Å². The number of halogens is 2. The molecule has 2 N–H and O–H groups in total. The predicted octanol–water partition coefficient (Wildman–Crippen LogP) is -0.00750. The Morgan fingerprint density at radius 1 is 1.58 bits per heavy atom. The van der Waals surface area contributed by atoms with Crippen molar-refractivity contribution in [3.05, 3.63) is 0 Å². The lowest BCUT2D eigenvalue weighted by Crippen LogP contribution is -2.42. The fourth-order valence-electron chi connectivity index (χ4n) is 1.15. The van der Waals surface area contributed by atoms with Crippen LogP contribution in [0, 0.1) is 0 Å². The van der Waals surface area contributed by atoms with Gasteiger partial charge in [0.2, 0.25) is 0 Å². The molecule has 1 aliphatic rings. The molecule has 0 bridgehead atoms. The molecule has 0 aromatic rings. The maximum absolute atomic E-state index is 11.7. The molecule has 12 heavy (non-hydrogen) atoms. The molecule has 72 valence electrons. The van der Waals surface area contributed by atoms with E-state index in [2.05, 4.69) is 5.32 Å². The van der Waals surface area contributed by atoms with E-state index < -0.39 is 12.0 Å². The van der Waals surface area contributed by atoms with Gasteiger partial charge in [-0.3, -0.25) is 0 Å². The lowest BCUT2D eigenvalue weighted by molar-refractivity contribution is 0.0233. The van der Waals surface area contributed by atoms with Gasteiger partial charge in [0.05, 0.1) is 13.2 Å². The molecule has 0 saturated carbocycles. The molecule has 0 amide bonds.